The van der Waals surface area contributed by atoms with E-state index in [9.17, 15) is 4.79 Å². The summed E-state index contributed by atoms with van der Waals surface area (Å²) in [5.41, 5.74) is 6.97. The summed E-state index contributed by atoms with van der Waals surface area (Å²) < 4.78 is 5.61. The van der Waals surface area contributed by atoms with Crippen LogP contribution in [0, 0.1) is 12.8 Å². The van der Waals surface area contributed by atoms with Gasteiger partial charge in [0.2, 0.25) is 5.91 Å². The largest absolute Gasteiger partial charge is 0.491 e. The minimum absolute atomic E-state index is 0.0707. The average Bonchev–Trinajstić information content (AvgIpc) is 2.37. The van der Waals surface area contributed by atoms with Crippen molar-refractivity contribution in [1.82, 2.24) is 5.32 Å². The lowest BCUT2D eigenvalue weighted by molar-refractivity contribution is -0.124. The summed E-state index contributed by atoms with van der Waals surface area (Å²) in [7, 11) is 0. The number of nitrogens with two attached hydrogens (primary N) is 1. The number of hydrogen-bond acceptors (Lipinski definition) is 3. The van der Waals surface area contributed by atoms with Crippen LogP contribution in [0.3, 0.4) is 0 Å². The Bertz CT molecular complexity index is 401. The fourth-order valence-electron chi connectivity index (χ4n) is 1.54. The highest BCUT2D eigenvalue weighted by atomic mass is 16.5. The molecular formula is C15H24N2O2. The van der Waals surface area contributed by atoms with Gasteiger partial charge in [-0.05, 0) is 31.9 Å². The zero-order valence-corrected chi connectivity index (χ0v) is 12.1. The Kier molecular flexibility index (Phi) is 5.83. The summed E-state index contributed by atoms with van der Waals surface area (Å²) in [5.74, 6) is 0.806. The fourth-order valence-corrected chi connectivity index (χ4v) is 1.54. The van der Waals surface area contributed by atoms with Crippen molar-refractivity contribution in [3.63, 3.8) is 0 Å². The number of rotatable bonds is 6. The molecule has 1 rings (SSSR count). The van der Waals surface area contributed by atoms with Gasteiger partial charge in [0.05, 0.1) is 12.1 Å². The number of hydrogen-bond donors (Lipinski definition) is 2. The molecule has 0 aliphatic carbocycles. The van der Waals surface area contributed by atoms with E-state index in [1.54, 1.807) is 0 Å². The second-order valence-electron chi connectivity index (χ2n) is 5.30. The van der Waals surface area contributed by atoms with Crippen molar-refractivity contribution < 1.29 is 9.53 Å². The van der Waals surface area contributed by atoms with Crippen LogP contribution in [0.4, 0.5) is 0 Å². The van der Waals surface area contributed by atoms with E-state index in [1.165, 1.54) is 5.56 Å². The molecule has 4 heteroatoms. The lowest BCUT2D eigenvalue weighted by Gasteiger charge is -2.20. The molecule has 0 aliphatic rings. The molecule has 1 amide bonds. The van der Waals surface area contributed by atoms with Crippen LogP contribution < -0.4 is 15.8 Å². The van der Waals surface area contributed by atoms with Gasteiger partial charge in [-0.1, -0.05) is 31.5 Å². The second kappa shape index (κ2) is 7.14. The number of carbonyl (C=O) groups excluding carboxylic acids is 1. The van der Waals surface area contributed by atoms with E-state index in [2.05, 4.69) is 5.32 Å². The van der Waals surface area contributed by atoms with Crippen molar-refractivity contribution >= 4 is 5.91 Å². The van der Waals surface area contributed by atoms with Gasteiger partial charge in [0.15, 0.2) is 0 Å². The number of ether oxygens (including phenoxy) is 1. The third kappa shape index (κ3) is 5.30. The topological polar surface area (TPSA) is 64.3 Å². The van der Waals surface area contributed by atoms with Gasteiger partial charge < -0.3 is 15.8 Å². The molecule has 106 valence electrons. The summed E-state index contributed by atoms with van der Waals surface area (Å²) in [5, 5.41) is 2.85. The first-order valence-electron chi connectivity index (χ1n) is 6.65. The highest BCUT2D eigenvalue weighted by molar-refractivity contribution is 5.81. The van der Waals surface area contributed by atoms with Crippen molar-refractivity contribution in [3.05, 3.63) is 29.8 Å². The molecule has 3 N–H and O–H groups in total. The molecule has 2 atom stereocenters. The van der Waals surface area contributed by atoms with Crippen LogP contribution in [0.15, 0.2) is 24.3 Å². The Morgan fingerprint density at radius 3 is 2.37 bits per heavy atom. The SMILES string of the molecule is Cc1ccc(OCC(C)NC(=O)[C@H](N)C(C)C)cc1. The monoisotopic (exact) mass is 264 g/mol. The third-order valence-electron chi connectivity index (χ3n) is 2.93. The number of nitrogens with one attached hydrogen (secondary N) is 1. The molecule has 0 bridgehead atoms. The van der Waals surface area contributed by atoms with Crippen molar-refractivity contribution in [2.24, 2.45) is 11.7 Å². The molecule has 4 nitrogen and oxygen atoms in total. The van der Waals surface area contributed by atoms with Gasteiger partial charge in [0.1, 0.15) is 12.4 Å². The highest BCUT2D eigenvalue weighted by Gasteiger charge is 2.18. The van der Waals surface area contributed by atoms with E-state index in [0.717, 1.165) is 5.75 Å². The smallest absolute Gasteiger partial charge is 0.237 e. The number of carbonyl (C=O) groups is 1. The Balaban J connectivity index is 2.37. The summed E-state index contributed by atoms with van der Waals surface area (Å²) in [6.07, 6.45) is 0. The van der Waals surface area contributed by atoms with E-state index >= 15 is 0 Å². The molecule has 1 aromatic carbocycles. The van der Waals surface area contributed by atoms with E-state index in [-0.39, 0.29) is 17.9 Å². The van der Waals surface area contributed by atoms with E-state index < -0.39 is 6.04 Å². The zero-order chi connectivity index (χ0) is 14.4. The molecular weight excluding hydrogens is 240 g/mol. The average molecular weight is 264 g/mol. The van der Waals surface area contributed by atoms with Gasteiger partial charge in [-0.2, -0.15) is 0 Å². The summed E-state index contributed by atoms with van der Waals surface area (Å²) >= 11 is 0. The van der Waals surface area contributed by atoms with Gasteiger partial charge >= 0.3 is 0 Å². The summed E-state index contributed by atoms with van der Waals surface area (Å²) in [4.78, 5) is 11.8. The summed E-state index contributed by atoms with van der Waals surface area (Å²) in [6.45, 7) is 8.22. The van der Waals surface area contributed by atoms with Gasteiger partial charge in [0, 0.05) is 0 Å². The minimum Gasteiger partial charge on any atom is -0.491 e. The number of amides is 1. The zero-order valence-electron chi connectivity index (χ0n) is 12.1. The predicted molar refractivity (Wildman–Crippen MR) is 77.1 cm³/mol. The molecule has 0 aromatic heterocycles. The van der Waals surface area contributed by atoms with Crippen molar-refractivity contribution in [1.29, 1.82) is 0 Å². The molecule has 0 saturated heterocycles. The van der Waals surface area contributed by atoms with Crippen LogP contribution in [0.2, 0.25) is 0 Å². The van der Waals surface area contributed by atoms with Crippen LogP contribution in [0.1, 0.15) is 26.3 Å². The third-order valence-corrected chi connectivity index (χ3v) is 2.93. The van der Waals surface area contributed by atoms with Gasteiger partial charge in [-0.25, -0.2) is 0 Å². The number of benzene rings is 1. The first kappa shape index (κ1) is 15.5. The molecule has 0 fully saturated rings. The second-order valence-corrected chi connectivity index (χ2v) is 5.30. The molecule has 1 aromatic rings. The predicted octanol–water partition coefficient (Wildman–Crippen LogP) is 1.86. The quantitative estimate of drug-likeness (QED) is 0.824. The minimum atomic E-state index is -0.471. The standard InChI is InChI=1S/C15H24N2O2/c1-10(2)14(16)15(18)17-12(4)9-19-13-7-5-11(3)6-8-13/h5-8,10,12,14H,9,16H2,1-4H3,(H,17,18)/t12?,14-/m1/s1. The van der Waals surface area contributed by atoms with Crippen LogP contribution in [0.25, 0.3) is 0 Å². The first-order valence-corrected chi connectivity index (χ1v) is 6.65. The van der Waals surface area contributed by atoms with Gasteiger partial charge in [-0.15, -0.1) is 0 Å². The van der Waals surface area contributed by atoms with E-state index in [1.807, 2.05) is 52.0 Å². The van der Waals surface area contributed by atoms with Crippen molar-refractivity contribution in [3.8, 4) is 5.75 Å². The first-order chi connectivity index (χ1) is 8.90. The lowest BCUT2D eigenvalue weighted by Crippen LogP contribution is -2.48. The molecule has 0 aliphatic heterocycles. The van der Waals surface area contributed by atoms with E-state index in [4.69, 9.17) is 10.5 Å². The van der Waals surface area contributed by atoms with Crippen molar-refractivity contribution in [2.75, 3.05) is 6.61 Å². The Hall–Kier alpha value is -1.55. The molecule has 0 heterocycles. The normalized spacial score (nSPS) is 14.0. The molecule has 0 radical (unpaired) electrons. The number of aryl methyl sites for hydroxylation is 1. The molecule has 19 heavy (non-hydrogen) atoms. The van der Waals surface area contributed by atoms with Crippen LogP contribution in [0.5, 0.6) is 5.75 Å². The maximum absolute atomic E-state index is 11.8. The van der Waals surface area contributed by atoms with Crippen molar-refractivity contribution in [2.45, 2.75) is 39.8 Å². The maximum atomic E-state index is 11.8. The van der Waals surface area contributed by atoms with Gasteiger partial charge in [-0.3, -0.25) is 4.79 Å². The Morgan fingerprint density at radius 2 is 1.84 bits per heavy atom. The maximum Gasteiger partial charge on any atom is 0.237 e. The Morgan fingerprint density at radius 1 is 1.26 bits per heavy atom. The molecule has 0 spiro atoms. The van der Waals surface area contributed by atoms with Crippen LogP contribution in [-0.2, 0) is 4.79 Å². The molecule has 0 saturated carbocycles. The Labute approximate surface area is 115 Å². The van der Waals surface area contributed by atoms with E-state index in [0.29, 0.717) is 6.61 Å². The fraction of sp³-hybridized carbons (Fsp3) is 0.533. The summed E-state index contributed by atoms with van der Waals surface area (Å²) in [6, 6.07) is 7.29. The van der Waals surface area contributed by atoms with Crippen LogP contribution >= 0.6 is 0 Å². The lowest BCUT2D eigenvalue weighted by atomic mass is 10.0. The molecule has 1 unspecified atom stereocenters. The van der Waals surface area contributed by atoms with Gasteiger partial charge in [0.25, 0.3) is 0 Å². The van der Waals surface area contributed by atoms with Crippen LogP contribution in [-0.4, -0.2) is 24.6 Å². The highest BCUT2D eigenvalue weighted by Crippen LogP contribution is 2.11.